The van der Waals surface area contributed by atoms with Gasteiger partial charge in [-0.2, -0.15) is 4.31 Å². The van der Waals surface area contributed by atoms with Crippen molar-refractivity contribution in [3.05, 3.63) is 29.8 Å². The summed E-state index contributed by atoms with van der Waals surface area (Å²) in [6.45, 7) is 2.33. The van der Waals surface area contributed by atoms with Crippen molar-refractivity contribution in [2.24, 2.45) is 5.92 Å². The van der Waals surface area contributed by atoms with E-state index >= 15 is 0 Å². The van der Waals surface area contributed by atoms with Crippen molar-refractivity contribution >= 4 is 21.9 Å². The molecule has 1 aliphatic heterocycles. The van der Waals surface area contributed by atoms with Crippen LogP contribution in [0.5, 0.6) is 0 Å². The van der Waals surface area contributed by atoms with Crippen molar-refractivity contribution in [2.75, 3.05) is 13.1 Å². The zero-order chi connectivity index (χ0) is 18.2. The first-order valence-electron chi connectivity index (χ1n) is 8.37. The minimum atomic E-state index is -3.65. The summed E-state index contributed by atoms with van der Waals surface area (Å²) in [5.41, 5.74) is -0.173. The van der Waals surface area contributed by atoms with E-state index in [0.29, 0.717) is 32.2 Å². The van der Waals surface area contributed by atoms with Crippen LogP contribution in [0.1, 0.15) is 31.2 Å². The Labute approximate surface area is 147 Å². The molecule has 2 fully saturated rings. The lowest BCUT2D eigenvalue weighted by Crippen LogP contribution is -2.50. The average molecular weight is 366 g/mol. The van der Waals surface area contributed by atoms with Crippen molar-refractivity contribution in [2.45, 2.75) is 43.0 Å². The summed E-state index contributed by atoms with van der Waals surface area (Å²) in [5, 5.41) is 11.8. The van der Waals surface area contributed by atoms with Gasteiger partial charge in [-0.05, 0) is 44.7 Å². The SMILES string of the molecule is Cc1ccc(S(=O)(=O)N2CCCC(C(=O)NC3(C(=O)O)CC3)C2)cc1. The smallest absolute Gasteiger partial charge is 0.329 e. The maximum atomic E-state index is 12.8. The number of amides is 1. The minimum absolute atomic E-state index is 0.0811. The van der Waals surface area contributed by atoms with E-state index in [2.05, 4.69) is 5.32 Å². The van der Waals surface area contributed by atoms with Crippen molar-refractivity contribution in [1.29, 1.82) is 0 Å². The van der Waals surface area contributed by atoms with E-state index in [1.54, 1.807) is 24.3 Å². The number of rotatable bonds is 5. The molecular formula is C17H22N2O5S. The molecule has 1 aromatic rings. The number of piperidine rings is 1. The summed E-state index contributed by atoms with van der Waals surface area (Å²) in [4.78, 5) is 23.8. The van der Waals surface area contributed by atoms with E-state index in [0.717, 1.165) is 5.56 Å². The van der Waals surface area contributed by atoms with Crippen LogP contribution in [-0.2, 0) is 19.6 Å². The highest BCUT2D eigenvalue weighted by molar-refractivity contribution is 7.89. The standard InChI is InChI=1S/C17H22N2O5S/c1-12-4-6-14(7-5-12)25(23,24)19-10-2-3-13(11-19)15(20)18-17(8-9-17)16(21)22/h4-7,13H,2-3,8-11H2,1H3,(H,18,20)(H,21,22). The fraction of sp³-hybridized carbons (Fsp3) is 0.529. The van der Waals surface area contributed by atoms with Crippen LogP contribution in [-0.4, -0.2) is 48.3 Å². The van der Waals surface area contributed by atoms with Gasteiger partial charge in [-0.25, -0.2) is 13.2 Å². The van der Waals surface area contributed by atoms with Gasteiger partial charge in [-0.3, -0.25) is 4.79 Å². The van der Waals surface area contributed by atoms with Gasteiger partial charge in [0, 0.05) is 13.1 Å². The molecule has 2 N–H and O–H groups in total. The van der Waals surface area contributed by atoms with Crippen molar-refractivity contribution in [3.63, 3.8) is 0 Å². The first kappa shape index (κ1) is 17.9. The monoisotopic (exact) mass is 366 g/mol. The Kier molecular flexibility index (Phi) is 4.59. The quantitative estimate of drug-likeness (QED) is 0.813. The Morgan fingerprint density at radius 1 is 1.24 bits per heavy atom. The molecule has 2 aliphatic rings. The molecule has 0 radical (unpaired) electrons. The van der Waals surface area contributed by atoms with Crippen molar-refractivity contribution in [1.82, 2.24) is 9.62 Å². The van der Waals surface area contributed by atoms with E-state index in [1.165, 1.54) is 4.31 Å². The number of aliphatic carboxylic acids is 1. The number of carboxylic acid groups (broad SMARTS) is 1. The van der Waals surface area contributed by atoms with Crippen LogP contribution in [0.4, 0.5) is 0 Å². The van der Waals surface area contributed by atoms with Gasteiger partial charge in [0.25, 0.3) is 0 Å². The highest BCUT2D eigenvalue weighted by Crippen LogP contribution is 2.36. The van der Waals surface area contributed by atoms with Gasteiger partial charge in [0.15, 0.2) is 0 Å². The fourth-order valence-corrected chi connectivity index (χ4v) is 4.61. The largest absolute Gasteiger partial charge is 0.480 e. The van der Waals surface area contributed by atoms with E-state index in [4.69, 9.17) is 0 Å². The van der Waals surface area contributed by atoms with Gasteiger partial charge >= 0.3 is 5.97 Å². The number of carbonyl (C=O) groups excluding carboxylic acids is 1. The van der Waals surface area contributed by atoms with Gasteiger partial charge in [0.05, 0.1) is 10.8 Å². The topological polar surface area (TPSA) is 104 Å². The summed E-state index contributed by atoms with van der Waals surface area (Å²) in [6.07, 6.45) is 1.98. The highest BCUT2D eigenvalue weighted by Gasteiger charge is 2.52. The van der Waals surface area contributed by atoms with Gasteiger partial charge in [-0.15, -0.1) is 0 Å². The molecule has 1 aromatic carbocycles. The molecule has 1 saturated heterocycles. The third-order valence-electron chi connectivity index (χ3n) is 4.94. The summed E-state index contributed by atoms with van der Waals surface area (Å²) in [6, 6.07) is 6.62. The van der Waals surface area contributed by atoms with Gasteiger partial charge in [0.1, 0.15) is 5.54 Å². The Bertz CT molecular complexity index is 784. The highest BCUT2D eigenvalue weighted by atomic mass is 32.2. The second-order valence-corrected chi connectivity index (χ2v) is 8.83. The predicted octanol–water partition coefficient (Wildman–Crippen LogP) is 1.13. The lowest BCUT2D eigenvalue weighted by molar-refractivity contribution is -0.144. The average Bonchev–Trinajstić information content (AvgIpc) is 3.36. The first-order chi connectivity index (χ1) is 11.7. The van der Waals surface area contributed by atoms with Crippen LogP contribution in [0.3, 0.4) is 0 Å². The summed E-state index contributed by atoms with van der Waals surface area (Å²) in [5.74, 6) is -1.92. The Morgan fingerprint density at radius 2 is 1.88 bits per heavy atom. The Morgan fingerprint density at radius 3 is 2.44 bits per heavy atom. The lowest BCUT2D eigenvalue weighted by atomic mass is 9.98. The number of benzene rings is 1. The molecule has 0 spiro atoms. The molecule has 1 heterocycles. The van der Waals surface area contributed by atoms with E-state index < -0.39 is 27.4 Å². The molecule has 8 heteroatoms. The zero-order valence-corrected chi connectivity index (χ0v) is 14.9. The molecule has 0 bridgehead atoms. The molecular weight excluding hydrogens is 344 g/mol. The maximum Gasteiger partial charge on any atom is 0.329 e. The minimum Gasteiger partial charge on any atom is -0.480 e. The lowest BCUT2D eigenvalue weighted by Gasteiger charge is -2.31. The second kappa shape index (κ2) is 6.42. The third-order valence-corrected chi connectivity index (χ3v) is 6.81. The number of carboxylic acids is 1. The van der Waals surface area contributed by atoms with E-state index in [-0.39, 0.29) is 17.3 Å². The first-order valence-corrected chi connectivity index (χ1v) is 9.81. The number of hydrogen-bond donors (Lipinski definition) is 2. The Balaban J connectivity index is 1.71. The summed E-state index contributed by atoms with van der Waals surface area (Å²) < 4.78 is 26.9. The molecule has 7 nitrogen and oxygen atoms in total. The molecule has 1 unspecified atom stereocenters. The number of carbonyl (C=O) groups is 2. The van der Waals surface area contributed by atoms with Crippen LogP contribution in [0.25, 0.3) is 0 Å². The molecule has 0 aromatic heterocycles. The van der Waals surface area contributed by atoms with Gasteiger partial charge in [0.2, 0.25) is 15.9 Å². The number of aryl methyl sites for hydroxylation is 1. The van der Waals surface area contributed by atoms with Crippen LogP contribution in [0.2, 0.25) is 0 Å². The normalized spacial score (nSPS) is 23.0. The molecule has 3 rings (SSSR count). The van der Waals surface area contributed by atoms with Crippen molar-refractivity contribution in [3.8, 4) is 0 Å². The summed E-state index contributed by atoms with van der Waals surface area (Å²) in [7, 11) is -3.65. The van der Waals surface area contributed by atoms with Crippen LogP contribution in [0.15, 0.2) is 29.2 Å². The van der Waals surface area contributed by atoms with Crippen LogP contribution in [0, 0.1) is 12.8 Å². The number of nitrogens with zero attached hydrogens (tertiary/aromatic N) is 1. The number of nitrogens with one attached hydrogen (secondary N) is 1. The predicted molar refractivity (Wildman–Crippen MR) is 90.4 cm³/mol. The van der Waals surface area contributed by atoms with E-state index in [9.17, 15) is 23.1 Å². The second-order valence-electron chi connectivity index (χ2n) is 6.89. The molecule has 1 saturated carbocycles. The molecule has 25 heavy (non-hydrogen) atoms. The fourth-order valence-electron chi connectivity index (χ4n) is 3.09. The van der Waals surface area contributed by atoms with Crippen LogP contribution < -0.4 is 5.32 Å². The number of sulfonamides is 1. The third kappa shape index (κ3) is 3.55. The molecule has 1 atom stereocenters. The van der Waals surface area contributed by atoms with Gasteiger partial charge in [-0.1, -0.05) is 17.7 Å². The van der Waals surface area contributed by atoms with Crippen molar-refractivity contribution < 1.29 is 23.1 Å². The number of hydrogen-bond acceptors (Lipinski definition) is 4. The van der Waals surface area contributed by atoms with Gasteiger partial charge < -0.3 is 10.4 Å². The summed E-state index contributed by atoms with van der Waals surface area (Å²) >= 11 is 0. The molecule has 1 amide bonds. The maximum absolute atomic E-state index is 12.8. The van der Waals surface area contributed by atoms with E-state index in [1.807, 2.05) is 6.92 Å². The molecule has 136 valence electrons. The van der Waals surface area contributed by atoms with Crippen LogP contribution >= 0.6 is 0 Å². The molecule has 1 aliphatic carbocycles. The Hall–Kier alpha value is -1.93. The zero-order valence-electron chi connectivity index (χ0n) is 14.1.